The zero-order valence-corrected chi connectivity index (χ0v) is 7.43. The van der Waals surface area contributed by atoms with E-state index in [9.17, 15) is 4.79 Å². The van der Waals surface area contributed by atoms with Crippen molar-refractivity contribution in [1.82, 2.24) is 0 Å². The van der Waals surface area contributed by atoms with Gasteiger partial charge in [0.1, 0.15) is 0 Å². The van der Waals surface area contributed by atoms with Crippen LogP contribution in [0.5, 0.6) is 0 Å². The van der Waals surface area contributed by atoms with Crippen LogP contribution in [-0.4, -0.2) is 17.7 Å². The number of hydrogen-bond donors (Lipinski definition) is 1. The van der Waals surface area contributed by atoms with Crippen LogP contribution >= 0.6 is 12.4 Å². The summed E-state index contributed by atoms with van der Waals surface area (Å²) in [4.78, 5) is 9.88. The van der Waals surface area contributed by atoms with Crippen molar-refractivity contribution in [2.75, 3.05) is 6.61 Å². The molecule has 0 fully saturated rings. The van der Waals surface area contributed by atoms with Crippen molar-refractivity contribution in [3.8, 4) is 0 Å². The smallest absolute Gasteiger partial charge is 0.331 e. The van der Waals surface area contributed by atoms with E-state index in [-0.39, 0.29) is 12.4 Å². The molecule has 3 nitrogen and oxygen atoms in total. The Labute approximate surface area is 72.5 Å². The van der Waals surface area contributed by atoms with Gasteiger partial charge in [0.2, 0.25) is 0 Å². The van der Waals surface area contributed by atoms with Gasteiger partial charge in [-0.25, -0.2) is 4.79 Å². The standard InChI is InChI=1S/C7H12O3.ClH/c1-6(2)5-10-4-3-7(8)9;/h3-4,6H,5H2,1-2H3,(H,8,9);1H. The van der Waals surface area contributed by atoms with E-state index in [0.717, 1.165) is 6.08 Å². The van der Waals surface area contributed by atoms with Gasteiger partial charge < -0.3 is 9.84 Å². The van der Waals surface area contributed by atoms with Gasteiger partial charge in [-0.2, -0.15) is 0 Å². The summed E-state index contributed by atoms with van der Waals surface area (Å²) < 4.78 is 4.84. The van der Waals surface area contributed by atoms with Gasteiger partial charge in [-0.15, -0.1) is 12.4 Å². The molecule has 0 rings (SSSR count). The molecule has 0 aromatic rings. The summed E-state index contributed by atoms with van der Waals surface area (Å²) in [6.07, 6.45) is 2.17. The summed E-state index contributed by atoms with van der Waals surface area (Å²) in [5.74, 6) is -0.554. The Hall–Kier alpha value is -0.700. The summed E-state index contributed by atoms with van der Waals surface area (Å²) in [5.41, 5.74) is 0. The van der Waals surface area contributed by atoms with Crippen LogP contribution in [0.1, 0.15) is 13.8 Å². The molecule has 0 spiro atoms. The SMILES string of the molecule is CC(C)COC=CC(=O)O.Cl. The molecular formula is C7H13ClO3. The lowest BCUT2D eigenvalue weighted by molar-refractivity contribution is -0.131. The molecule has 0 atom stereocenters. The van der Waals surface area contributed by atoms with Crippen LogP contribution in [0.3, 0.4) is 0 Å². The average Bonchev–Trinajstić information content (AvgIpc) is 1.79. The maximum absolute atomic E-state index is 9.88. The molecule has 0 saturated heterocycles. The van der Waals surface area contributed by atoms with Crippen molar-refractivity contribution in [3.63, 3.8) is 0 Å². The lowest BCUT2D eigenvalue weighted by atomic mass is 10.2. The normalized spacial score (nSPS) is 9.73. The average molecular weight is 181 g/mol. The molecule has 0 aliphatic heterocycles. The summed E-state index contributed by atoms with van der Waals surface area (Å²) >= 11 is 0. The van der Waals surface area contributed by atoms with Gasteiger partial charge in [-0.3, -0.25) is 0 Å². The zero-order valence-electron chi connectivity index (χ0n) is 6.61. The van der Waals surface area contributed by atoms with E-state index in [1.807, 2.05) is 13.8 Å². The fourth-order valence-corrected chi connectivity index (χ4v) is 0.354. The minimum atomic E-state index is -0.983. The lowest BCUT2D eigenvalue weighted by Gasteiger charge is -2.01. The molecule has 0 unspecified atom stereocenters. The minimum absolute atomic E-state index is 0. The van der Waals surface area contributed by atoms with E-state index < -0.39 is 5.97 Å². The van der Waals surface area contributed by atoms with E-state index in [4.69, 9.17) is 9.84 Å². The second-order valence-corrected chi connectivity index (χ2v) is 2.37. The van der Waals surface area contributed by atoms with Crippen LogP contribution in [0, 0.1) is 5.92 Å². The Morgan fingerprint density at radius 2 is 2.18 bits per heavy atom. The largest absolute Gasteiger partial charge is 0.501 e. The second-order valence-electron chi connectivity index (χ2n) is 2.37. The molecule has 0 aromatic heterocycles. The summed E-state index contributed by atoms with van der Waals surface area (Å²) in [6, 6.07) is 0. The summed E-state index contributed by atoms with van der Waals surface area (Å²) in [5, 5.41) is 8.11. The highest BCUT2D eigenvalue weighted by Gasteiger charge is 1.90. The van der Waals surface area contributed by atoms with Gasteiger partial charge in [0, 0.05) is 0 Å². The van der Waals surface area contributed by atoms with Gasteiger partial charge in [0.15, 0.2) is 0 Å². The van der Waals surface area contributed by atoms with Crippen molar-refractivity contribution in [2.24, 2.45) is 5.92 Å². The van der Waals surface area contributed by atoms with Crippen LogP contribution in [0.15, 0.2) is 12.3 Å². The molecule has 0 saturated carbocycles. The molecule has 11 heavy (non-hydrogen) atoms. The second kappa shape index (κ2) is 7.41. The van der Waals surface area contributed by atoms with Crippen molar-refractivity contribution >= 4 is 18.4 Å². The van der Waals surface area contributed by atoms with E-state index in [2.05, 4.69) is 0 Å². The van der Waals surface area contributed by atoms with Crippen molar-refractivity contribution in [1.29, 1.82) is 0 Å². The first kappa shape index (κ1) is 12.9. The topological polar surface area (TPSA) is 46.5 Å². The molecule has 0 radical (unpaired) electrons. The first-order valence-corrected chi connectivity index (χ1v) is 3.14. The van der Waals surface area contributed by atoms with Gasteiger partial charge >= 0.3 is 5.97 Å². The molecule has 0 amide bonds. The van der Waals surface area contributed by atoms with E-state index >= 15 is 0 Å². The fourth-order valence-electron chi connectivity index (χ4n) is 0.354. The van der Waals surface area contributed by atoms with Gasteiger partial charge in [0.05, 0.1) is 18.9 Å². The Morgan fingerprint density at radius 1 is 1.64 bits per heavy atom. The number of carboxylic acid groups (broad SMARTS) is 1. The Morgan fingerprint density at radius 3 is 2.55 bits per heavy atom. The van der Waals surface area contributed by atoms with Crippen molar-refractivity contribution in [3.05, 3.63) is 12.3 Å². The van der Waals surface area contributed by atoms with Crippen molar-refractivity contribution < 1.29 is 14.6 Å². The van der Waals surface area contributed by atoms with Crippen LogP contribution < -0.4 is 0 Å². The van der Waals surface area contributed by atoms with Crippen LogP contribution in [0.4, 0.5) is 0 Å². The van der Waals surface area contributed by atoms with Gasteiger partial charge in [-0.1, -0.05) is 13.8 Å². The highest BCUT2D eigenvalue weighted by molar-refractivity contribution is 5.85. The number of halogens is 1. The van der Waals surface area contributed by atoms with Gasteiger partial charge in [-0.05, 0) is 5.92 Å². The number of ether oxygens (including phenoxy) is 1. The zero-order chi connectivity index (χ0) is 7.98. The van der Waals surface area contributed by atoms with Crippen LogP contribution in [0.25, 0.3) is 0 Å². The highest BCUT2D eigenvalue weighted by Crippen LogP contribution is 1.91. The van der Waals surface area contributed by atoms with Gasteiger partial charge in [0.25, 0.3) is 0 Å². The third kappa shape index (κ3) is 12.5. The van der Waals surface area contributed by atoms with E-state index in [1.54, 1.807) is 0 Å². The first-order chi connectivity index (χ1) is 4.63. The third-order valence-electron chi connectivity index (χ3n) is 0.736. The number of aliphatic carboxylic acids is 1. The highest BCUT2D eigenvalue weighted by atomic mass is 35.5. The predicted octanol–water partition coefficient (Wildman–Crippen LogP) is 1.68. The maximum Gasteiger partial charge on any atom is 0.331 e. The monoisotopic (exact) mass is 180 g/mol. The summed E-state index contributed by atoms with van der Waals surface area (Å²) in [6.45, 7) is 4.55. The Balaban J connectivity index is 0. The summed E-state index contributed by atoms with van der Waals surface area (Å²) in [7, 11) is 0. The molecule has 0 aliphatic rings. The lowest BCUT2D eigenvalue weighted by Crippen LogP contribution is -1.97. The molecular weight excluding hydrogens is 168 g/mol. The van der Waals surface area contributed by atoms with E-state index in [0.29, 0.717) is 12.5 Å². The molecule has 0 heterocycles. The van der Waals surface area contributed by atoms with Crippen LogP contribution in [0.2, 0.25) is 0 Å². The van der Waals surface area contributed by atoms with Crippen molar-refractivity contribution in [2.45, 2.75) is 13.8 Å². The first-order valence-electron chi connectivity index (χ1n) is 3.14. The molecule has 0 aliphatic carbocycles. The molecule has 66 valence electrons. The minimum Gasteiger partial charge on any atom is -0.501 e. The third-order valence-corrected chi connectivity index (χ3v) is 0.736. The molecule has 0 aromatic carbocycles. The number of hydrogen-bond acceptors (Lipinski definition) is 2. The fraction of sp³-hybridized carbons (Fsp3) is 0.571. The Kier molecular flexibility index (Phi) is 8.71. The number of rotatable bonds is 4. The number of carbonyl (C=O) groups is 1. The Bertz CT molecular complexity index is 132. The molecule has 4 heteroatoms. The van der Waals surface area contributed by atoms with Crippen LogP contribution in [-0.2, 0) is 9.53 Å². The quantitative estimate of drug-likeness (QED) is 0.529. The molecule has 0 bridgehead atoms. The predicted molar refractivity (Wildman–Crippen MR) is 44.8 cm³/mol. The number of carboxylic acids is 1. The van der Waals surface area contributed by atoms with E-state index in [1.165, 1.54) is 6.26 Å². The maximum atomic E-state index is 9.88. The molecule has 1 N–H and O–H groups in total.